The fraction of sp³-hybridized carbons (Fsp3) is 0.700. The van der Waals surface area contributed by atoms with Crippen LogP contribution in [0.25, 0.3) is 0 Å². The predicted octanol–water partition coefficient (Wildman–Crippen LogP) is 3.47. The third-order valence-corrected chi connectivity index (χ3v) is 5.84. The molecule has 1 N–H and O–H groups in total. The smallest absolute Gasteiger partial charge is 0.0126 e. The van der Waals surface area contributed by atoms with Crippen LogP contribution in [0.3, 0.4) is 0 Å². The normalized spacial score (nSPS) is 24.0. The molecule has 0 amide bonds. The van der Waals surface area contributed by atoms with Gasteiger partial charge in [-0.25, -0.2) is 0 Å². The summed E-state index contributed by atoms with van der Waals surface area (Å²) in [4.78, 5) is 2.66. The second kappa shape index (κ2) is 6.72. The highest BCUT2D eigenvalue weighted by atomic mass is 15.1. The van der Waals surface area contributed by atoms with Gasteiger partial charge in [0.25, 0.3) is 0 Å². The van der Waals surface area contributed by atoms with E-state index in [-0.39, 0.29) is 0 Å². The van der Waals surface area contributed by atoms with Gasteiger partial charge in [0.05, 0.1) is 0 Å². The van der Waals surface area contributed by atoms with Crippen LogP contribution in [0, 0.1) is 11.8 Å². The van der Waals surface area contributed by atoms with Crippen molar-refractivity contribution in [2.75, 3.05) is 19.6 Å². The molecule has 2 nitrogen and oxygen atoms in total. The maximum Gasteiger partial charge on any atom is 0.0126 e. The molecule has 22 heavy (non-hydrogen) atoms. The Labute approximate surface area is 135 Å². The van der Waals surface area contributed by atoms with Crippen molar-refractivity contribution in [3.63, 3.8) is 0 Å². The monoisotopic (exact) mass is 298 g/mol. The Morgan fingerprint density at radius 2 is 1.55 bits per heavy atom. The number of nitrogens with one attached hydrogen (secondary N) is 1. The van der Waals surface area contributed by atoms with Gasteiger partial charge >= 0.3 is 0 Å². The molecule has 2 heteroatoms. The molecule has 1 aromatic rings. The molecule has 1 heterocycles. The van der Waals surface area contributed by atoms with Crippen molar-refractivity contribution in [2.45, 2.75) is 57.0 Å². The van der Waals surface area contributed by atoms with E-state index in [0.717, 1.165) is 23.9 Å². The van der Waals surface area contributed by atoms with Crippen molar-refractivity contribution < 1.29 is 0 Å². The Morgan fingerprint density at radius 3 is 2.14 bits per heavy atom. The first-order valence-electron chi connectivity index (χ1n) is 9.41. The zero-order chi connectivity index (χ0) is 14.8. The lowest BCUT2D eigenvalue weighted by atomic mass is 10.00. The molecular weight excluding hydrogens is 268 g/mol. The quantitative estimate of drug-likeness (QED) is 0.829. The van der Waals surface area contributed by atoms with Gasteiger partial charge in [0.15, 0.2) is 0 Å². The minimum atomic E-state index is 0.791. The zero-order valence-electron chi connectivity index (χ0n) is 13.7. The SMILES string of the molecule is c1ccc(CCN2CCC(NC(C3CC3)C3CC3)CC2)cc1. The average Bonchev–Trinajstić information content (AvgIpc) is 3.46. The standard InChI is InChI=1S/C20H30N2/c1-2-4-16(5-3-1)10-13-22-14-11-19(12-15-22)21-20(17-6-7-17)18-8-9-18/h1-5,17-21H,6-15H2. The summed E-state index contributed by atoms with van der Waals surface area (Å²) in [6.07, 6.45) is 9.86. The van der Waals surface area contributed by atoms with Crippen LogP contribution < -0.4 is 5.32 Å². The third-order valence-electron chi connectivity index (χ3n) is 5.84. The van der Waals surface area contributed by atoms with Crippen molar-refractivity contribution in [1.82, 2.24) is 10.2 Å². The number of likely N-dealkylation sites (tertiary alicyclic amines) is 1. The van der Waals surface area contributed by atoms with Crippen molar-refractivity contribution in [3.05, 3.63) is 35.9 Å². The summed E-state index contributed by atoms with van der Waals surface area (Å²) in [5.41, 5.74) is 1.48. The van der Waals surface area contributed by atoms with Crippen LogP contribution in [0.15, 0.2) is 30.3 Å². The van der Waals surface area contributed by atoms with E-state index >= 15 is 0 Å². The van der Waals surface area contributed by atoms with Gasteiger partial charge in [0.1, 0.15) is 0 Å². The average molecular weight is 298 g/mol. The Morgan fingerprint density at radius 1 is 0.909 bits per heavy atom. The molecule has 0 unspecified atom stereocenters. The van der Waals surface area contributed by atoms with Crippen molar-refractivity contribution in [1.29, 1.82) is 0 Å². The largest absolute Gasteiger partial charge is 0.311 e. The van der Waals surface area contributed by atoms with Gasteiger partial charge in [-0.2, -0.15) is 0 Å². The number of hydrogen-bond donors (Lipinski definition) is 1. The summed E-state index contributed by atoms with van der Waals surface area (Å²) in [7, 11) is 0. The van der Waals surface area contributed by atoms with Gasteiger partial charge in [-0.3, -0.25) is 0 Å². The van der Waals surface area contributed by atoms with Gasteiger partial charge in [0.2, 0.25) is 0 Å². The van der Waals surface area contributed by atoms with Crippen LogP contribution in [0.5, 0.6) is 0 Å². The number of hydrogen-bond acceptors (Lipinski definition) is 2. The minimum absolute atomic E-state index is 0.791. The molecular formula is C20H30N2. The van der Waals surface area contributed by atoms with Crippen LogP contribution in [0.2, 0.25) is 0 Å². The second-order valence-corrected chi connectivity index (χ2v) is 7.72. The molecule has 3 fully saturated rings. The lowest BCUT2D eigenvalue weighted by Crippen LogP contribution is -2.48. The fourth-order valence-corrected chi connectivity index (χ4v) is 4.10. The van der Waals surface area contributed by atoms with E-state index in [1.807, 2.05) is 0 Å². The molecule has 3 aliphatic rings. The van der Waals surface area contributed by atoms with E-state index in [1.165, 1.54) is 70.1 Å². The van der Waals surface area contributed by atoms with Crippen LogP contribution in [0.4, 0.5) is 0 Å². The van der Waals surface area contributed by atoms with E-state index in [1.54, 1.807) is 0 Å². The zero-order valence-corrected chi connectivity index (χ0v) is 13.7. The number of piperidine rings is 1. The van der Waals surface area contributed by atoms with Crippen molar-refractivity contribution in [3.8, 4) is 0 Å². The topological polar surface area (TPSA) is 15.3 Å². The second-order valence-electron chi connectivity index (χ2n) is 7.72. The number of nitrogens with zero attached hydrogens (tertiary/aromatic N) is 1. The van der Waals surface area contributed by atoms with Crippen molar-refractivity contribution >= 4 is 0 Å². The maximum atomic E-state index is 4.05. The lowest BCUT2D eigenvalue weighted by molar-refractivity contribution is 0.186. The number of rotatable bonds is 7. The predicted molar refractivity (Wildman–Crippen MR) is 92.0 cm³/mol. The molecule has 0 spiro atoms. The first-order valence-corrected chi connectivity index (χ1v) is 9.41. The molecule has 1 saturated heterocycles. The van der Waals surface area contributed by atoms with Gasteiger partial charge in [0, 0.05) is 18.6 Å². The molecule has 2 saturated carbocycles. The first-order chi connectivity index (χ1) is 10.9. The van der Waals surface area contributed by atoms with Crippen LogP contribution in [-0.2, 0) is 6.42 Å². The Bertz CT molecular complexity index is 444. The minimum Gasteiger partial charge on any atom is -0.311 e. The molecule has 0 radical (unpaired) electrons. The highest BCUT2D eigenvalue weighted by Crippen LogP contribution is 2.44. The molecule has 2 aliphatic carbocycles. The van der Waals surface area contributed by atoms with Gasteiger partial charge in [-0.1, -0.05) is 30.3 Å². The summed E-state index contributed by atoms with van der Waals surface area (Å²) < 4.78 is 0. The van der Waals surface area contributed by atoms with Gasteiger partial charge in [-0.05, 0) is 75.4 Å². The molecule has 1 aliphatic heterocycles. The molecule has 4 rings (SSSR count). The summed E-state index contributed by atoms with van der Waals surface area (Å²) in [6, 6.07) is 12.6. The lowest BCUT2D eigenvalue weighted by Gasteiger charge is -2.35. The maximum absolute atomic E-state index is 4.05. The third kappa shape index (κ3) is 3.91. The Hall–Kier alpha value is -0.860. The van der Waals surface area contributed by atoms with E-state index in [9.17, 15) is 0 Å². The van der Waals surface area contributed by atoms with Crippen LogP contribution >= 0.6 is 0 Å². The first kappa shape index (κ1) is 14.7. The molecule has 0 atom stereocenters. The van der Waals surface area contributed by atoms with Crippen molar-refractivity contribution in [2.24, 2.45) is 11.8 Å². The highest BCUT2D eigenvalue weighted by molar-refractivity contribution is 5.14. The van der Waals surface area contributed by atoms with Gasteiger partial charge < -0.3 is 10.2 Å². The molecule has 0 aromatic heterocycles. The fourth-order valence-electron chi connectivity index (χ4n) is 4.10. The van der Waals surface area contributed by atoms with E-state index in [4.69, 9.17) is 0 Å². The van der Waals surface area contributed by atoms with Crippen LogP contribution in [-0.4, -0.2) is 36.6 Å². The summed E-state index contributed by atoms with van der Waals surface area (Å²) >= 11 is 0. The van der Waals surface area contributed by atoms with Gasteiger partial charge in [-0.15, -0.1) is 0 Å². The summed E-state index contributed by atoms with van der Waals surface area (Å²) in [5, 5.41) is 4.05. The Kier molecular flexibility index (Phi) is 4.49. The molecule has 1 aromatic carbocycles. The van der Waals surface area contributed by atoms with E-state index in [0.29, 0.717) is 0 Å². The summed E-state index contributed by atoms with van der Waals surface area (Å²) in [5.74, 6) is 2.06. The van der Waals surface area contributed by atoms with E-state index < -0.39 is 0 Å². The molecule has 120 valence electrons. The molecule has 0 bridgehead atoms. The Balaban J connectivity index is 1.19. The number of benzene rings is 1. The summed E-state index contributed by atoms with van der Waals surface area (Å²) in [6.45, 7) is 3.80. The van der Waals surface area contributed by atoms with E-state index in [2.05, 4.69) is 40.5 Å². The van der Waals surface area contributed by atoms with Crippen LogP contribution in [0.1, 0.15) is 44.1 Å². The highest BCUT2D eigenvalue weighted by Gasteiger charge is 2.42.